The highest BCUT2D eigenvalue weighted by atomic mass is 16.2. The zero-order valence-electron chi connectivity index (χ0n) is 13.9. The van der Waals surface area contributed by atoms with E-state index in [4.69, 9.17) is 0 Å². The van der Waals surface area contributed by atoms with E-state index in [2.05, 4.69) is 20.2 Å². The van der Waals surface area contributed by atoms with Gasteiger partial charge in [-0.25, -0.2) is 4.98 Å². The first kappa shape index (κ1) is 16.7. The summed E-state index contributed by atoms with van der Waals surface area (Å²) < 4.78 is 0. The molecule has 1 N–H and O–H groups in total. The van der Waals surface area contributed by atoms with Crippen LogP contribution in [0.25, 0.3) is 0 Å². The second-order valence-corrected chi connectivity index (χ2v) is 6.28. The first-order valence-electron chi connectivity index (χ1n) is 7.99. The molecular weight excluding hydrogens is 278 g/mol. The molecule has 1 fully saturated rings. The zero-order valence-corrected chi connectivity index (χ0v) is 13.9. The second kappa shape index (κ2) is 8.08. The molecule has 0 radical (unpaired) electrons. The topological polar surface area (TPSA) is 61.4 Å². The Morgan fingerprint density at radius 1 is 1.32 bits per heavy atom. The van der Waals surface area contributed by atoms with E-state index >= 15 is 0 Å². The molecule has 2 rings (SSSR count). The lowest BCUT2D eigenvalue weighted by atomic mass is 9.92. The van der Waals surface area contributed by atoms with Gasteiger partial charge >= 0.3 is 0 Å². The predicted octanol–water partition coefficient (Wildman–Crippen LogP) is 1.25. The molecule has 22 heavy (non-hydrogen) atoms. The second-order valence-electron chi connectivity index (χ2n) is 6.28. The number of nitrogens with one attached hydrogen (secondary N) is 1. The van der Waals surface area contributed by atoms with Crippen molar-refractivity contribution in [2.24, 2.45) is 5.92 Å². The summed E-state index contributed by atoms with van der Waals surface area (Å²) in [6.45, 7) is 5.23. The minimum atomic E-state index is 0.186. The van der Waals surface area contributed by atoms with Crippen molar-refractivity contribution in [3.63, 3.8) is 0 Å². The van der Waals surface area contributed by atoms with Crippen LogP contribution in [0.1, 0.15) is 25.5 Å². The summed E-state index contributed by atoms with van der Waals surface area (Å²) in [6, 6.07) is 0. The smallest absolute Gasteiger partial charge is 0.219 e. The highest BCUT2D eigenvalue weighted by molar-refractivity contribution is 5.73. The molecule has 1 amide bonds. The maximum atomic E-state index is 11.3. The van der Waals surface area contributed by atoms with Crippen LogP contribution in [0.4, 0.5) is 5.82 Å². The molecule has 0 aromatic carbocycles. The molecule has 122 valence electrons. The highest BCUT2D eigenvalue weighted by Gasteiger charge is 2.21. The van der Waals surface area contributed by atoms with E-state index in [0.29, 0.717) is 5.92 Å². The number of carbonyl (C=O) groups is 1. The first-order valence-corrected chi connectivity index (χ1v) is 7.99. The molecule has 0 unspecified atom stereocenters. The van der Waals surface area contributed by atoms with E-state index in [0.717, 1.165) is 57.0 Å². The summed E-state index contributed by atoms with van der Waals surface area (Å²) >= 11 is 0. The normalized spacial score (nSPS) is 16.1. The number of aromatic nitrogens is 2. The third-order valence-corrected chi connectivity index (χ3v) is 4.13. The molecule has 0 bridgehead atoms. The lowest BCUT2D eigenvalue weighted by Crippen LogP contribution is -2.37. The molecule has 1 aromatic heterocycles. The Morgan fingerprint density at radius 2 is 2.05 bits per heavy atom. The van der Waals surface area contributed by atoms with E-state index in [1.165, 1.54) is 0 Å². The van der Waals surface area contributed by atoms with Crippen molar-refractivity contribution >= 4 is 11.7 Å². The summed E-state index contributed by atoms with van der Waals surface area (Å²) in [5.74, 6) is 1.63. The number of rotatable bonds is 6. The SMILES string of the molecule is CC(=O)N1CCC(Cc2cnc(NCCN(C)C)cn2)CC1. The van der Waals surface area contributed by atoms with Crippen LogP contribution in [0, 0.1) is 5.92 Å². The maximum Gasteiger partial charge on any atom is 0.219 e. The minimum absolute atomic E-state index is 0.186. The van der Waals surface area contributed by atoms with E-state index in [9.17, 15) is 4.79 Å². The van der Waals surface area contributed by atoms with Crippen LogP contribution >= 0.6 is 0 Å². The molecule has 0 atom stereocenters. The Labute approximate surface area is 132 Å². The van der Waals surface area contributed by atoms with Gasteiger partial charge in [-0.1, -0.05) is 0 Å². The van der Waals surface area contributed by atoms with Crippen molar-refractivity contribution in [2.45, 2.75) is 26.2 Å². The molecule has 6 nitrogen and oxygen atoms in total. The van der Waals surface area contributed by atoms with Crippen molar-refractivity contribution in [3.05, 3.63) is 18.1 Å². The van der Waals surface area contributed by atoms with Crippen LogP contribution in [0.2, 0.25) is 0 Å². The van der Waals surface area contributed by atoms with Gasteiger partial charge < -0.3 is 15.1 Å². The molecule has 0 spiro atoms. The monoisotopic (exact) mass is 305 g/mol. The number of piperidine rings is 1. The molecule has 1 aromatic rings. The van der Waals surface area contributed by atoms with Crippen LogP contribution in [0.5, 0.6) is 0 Å². The molecule has 0 aliphatic carbocycles. The lowest BCUT2D eigenvalue weighted by Gasteiger charge is -2.31. The number of hydrogen-bond donors (Lipinski definition) is 1. The van der Waals surface area contributed by atoms with Gasteiger partial charge in [-0.3, -0.25) is 9.78 Å². The van der Waals surface area contributed by atoms with Crippen LogP contribution < -0.4 is 5.32 Å². The molecule has 6 heteroatoms. The Morgan fingerprint density at radius 3 is 2.59 bits per heavy atom. The fraction of sp³-hybridized carbons (Fsp3) is 0.688. The van der Waals surface area contributed by atoms with Crippen molar-refractivity contribution < 1.29 is 4.79 Å². The van der Waals surface area contributed by atoms with Gasteiger partial charge in [-0.05, 0) is 39.3 Å². The van der Waals surface area contributed by atoms with Gasteiger partial charge in [0.1, 0.15) is 5.82 Å². The number of carbonyl (C=O) groups excluding carboxylic acids is 1. The van der Waals surface area contributed by atoms with Gasteiger partial charge in [0.2, 0.25) is 5.91 Å². The van der Waals surface area contributed by atoms with Crippen LogP contribution in [-0.4, -0.2) is 65.9 Å². The summed E-state index contributed by atoms with van der Waals surface area (Å²) in [7, 11) is 4.10. The van der Waals surface area contributed by atoms with Gasteiger partial charge in [0.25, 0.3) is 0 Å². The van der Waals surface area contributed by atoms with E-state index in [1.807, 2.05) is 31.4 Å². The molecule has 1 aliphatic heterocycles. The number of amides is 1. The van der Waals surface area contributed by atoms with E-state index in [1.54, 1.807) is 6.92 Å². The summed E-state index contributed by atoms with van der Waals surface area (Å²) in [5, 5.41) is 3.27. The molecule has 1 saturated heterocycles. The maximum absolute atomic E-state index is 11.3. The Kier molecular flexibility index (Phi) is 6.12. The van der Waals surface area contributed by atoms with Crippen molar-refractivity contribution in [2.75, 3.05) is 45.6 Å². The average molecular weight is 305 g/mol. The van der Waals surface area contributed by atoms with Crippen LogP contribution in [0.15, 0.2) is 12.4 Å². The molecule has 1 aliphatic rings. The summed E-state index contributed by atoms with van der Waals surface area (Å²) in [6.07, 6.45) is 6.76. The van der Waals surface area contributed by atoms with E-state index in [-0.39, 0.29) is 5.91 Å². The molecular formula is C16H27N5O. The van der Waals surface area contributed by atoms with Crippen LogP contribution in [0.3, 0.4) is 0 Å². The number of likely N-dealkylation sites (tertiary alicyclic amines) is 1. The summed E-state index contributed by atoms with van der Waals surface area (Å²) in [4.78, 5) is 24.3. The van der Waals surface area contributed by atoms with Crippen molar-refractivity contribution in [1.29, 1.82) is 0 Å². The lowest BCUT2D eigenvalue weighted by molar-refractivity contribution is -0.130. The van der Waals surface area contributed by atoms with E-state index < -0.39 is 0 Å². The van der Waals surface area contributed by atoms with Crippen molar-refractivity contribution in [3.8, 4) is 0 Å². The fourth-order valence-electron chi connectivity index (χ4n) is 2.71. The fourth-order valence-corrected chi connectivity index (χ4v) is 2.71. The molecule has 2 heterocycles. The average Bonchev–Trinajstić information content (AvgIpc) is 2.49. The highest BCUT2D eigenvalue weighted by Crippen LogP contribution is 2.20. The number of hydrogen-bond acceptors (Lipinski definition) is 5. The number of likely N-dealkylation sites (N-methyl/N-ethyl adjacent to an activating group) is 1. The summed E-state index contributed by atoms with van der Waals surface area (Å²) in [5.41, 5.74) is 1.04. The first-order chi connectivity index (χ1) is 10.5. The van der Waals surface area contributed by atoms with Gasteiger partial charge in [-0.2, -0.15) is 0 Å². The third-order valence-electron chi connectivity index (χ3n) is 4.13. The third kappa shape index (κ3) is 5.26. The van der Waals surface area contributed by atoms with Gasteiger partial charge in [0, 0.05) is 33.1 Å². The number of anilines is 1. The largest absolute Gasteiger partial charge is 0.368 e. The van der Waals surface area contributed by atoms with Gasteiger partial charge in [0.15, 0.2) is 0 Å². The van der Waals surface area contributed by atoms with Gasteiger partial charge in [0.05, 0.1) is 18.1 Å². The Hall–Kier alpha value is -1.69. The Balaban J connectivity index is 1.76. The minimum Gasteiger partial charge on any atom is -0.368 e. The quantitative estimate of drug-likeness (QED) is 0.857. The number of nitrogens with zero attached hydrogens (tertiary/aromatic N) is 4. The van der Waals surface area contributed by atoms with Gasteiger partial charge in [-0.15, -0.1) is 0 Å². The standard InChI is InChI=1S/C16H27N5O/c1-13(22)21-7-4-14(5-8-21)10-15-11-19-16(12-18-15)17-6-9-20(2)3/h11-12,14H,4-10H2,1-3H3,(H,17,19). The van der Waals surface area contributed by atoms with Crippen molar-refractivity contribution in [1.82, 2.24) is 19.8 Å². The Bertz CT molecular complexity index is 466. The predicted molar refractivity (Wildman–Crippen MR) is 87.8 cm³/mol. The van der Waals surface area contributed by atoms with Crippen LogP contribution in [-0.2, 0) is 11.2 Å². The molecule has 0 saturated carbocycles. The zero-order chi connectivity index (χ0) is 15.9.